The van der Waals surface area contributed by atoms with Gasteiger partial charge >= 0.3 is 0 Å². The van der Waals surface area contributed by atoms with Crippen molar-refractivity contribution in [3.05, 3.63) is 6.17 Å². The SMILES string of the molecule is C1=[NH+][C-]2CCCCCN2CC1. The normalized spacial score (nSPS) is 26.4. The molecule has 2 nitrogen and oxygen atoms in total. The van der Waals surface area contributed by atoms with E-state index in [4.69, 9.17) is 0 Å². The van der Waals surface area contributed by atoms with Gasteiger partial charge in [-0.2, -0.15) is 0 Å². The zero-order valence-electron chi connectivity index (χ0n) is 6.97. The molecule has 0 spiro atoms. The lowest BCUT2D eigenvalue weighted by Gasteiger charge is -2.31. The molecule has 0 bridgehead atoms. The molecule has 0 saturated carbocycles. The van der Waals surface area contributed by atoms with E-state index in [9.17, 15) is 0 Å². The van der Waals surface area contributed by atoms with Crippen LogP contribution < -0.4 is 4.99 Å². The smallest absolute Gasteiger partial charge is 0.0851 e. The Morgan fingerprint density at radius 3 is 3.18 bits per heavy atom. The lowest BCUT2D eigenvalue weighted by molar-refractivity contribution is -0.473. The van der Waals surface area contributed by atoms with Crippen LogP contribution >= 0.6 is 0 Å². The molecule has 2 aliphatic heterocycles. The van der Waals surface area contributed by atoms with E-state index in [1.807, 2.05) is 0 Å². The van der Waals surface area contributed by atoms with Gasteiger partial charge in [0.15, 0.2) is 0 Å². The highest BCUT2D eigenvalue weighted by Crippen LogP contribution is 2.17. The Morgan fingerprint density at radius 1 is 1.18 bits per heavy atom. The second kappa shape index (κ2) is 3.26. The molecular weight excluding hydrogens is 136 g/mol. The summed E-state index contributed by atoms with van der Waals surface area (Å²) in [5, 5.41) is 0. The van der Waals surface area contributed by atoms with E-state index >= 15 is 0 Å². The van der Waals surface area contributed by atoms with Crippen LogP contribution in [0.15, 0.2) is 0 Å². The molecule has 2 heterocycles. The summed E-state index contributed by atoms with van der Waals surface area (Å²) in [4.78, 5) is 5.89. The van der Waals surface area contributed by atoms with E-state index in [0.717, 1.165) is 0 Å². The van der Waals surface area contributed by atoms with Crippen LogP contribution in [0.5, 0.6) is 0 Å². The van der Waals surface area contributed by atoms with Crippen molar-refractivity contribution in [3.63, 3.8) is 0 Å². The number of fused-ring (bicyclic) bond motifs is 1. The third-order valence-corrected chi connectivity index (χ3v) is 2.54. The third-order valence-electron chi connectivity index (χ3n) is 2.54. The summed E-state index contributed by atoms with van der Waals surface area (Å²) >= 11 is 0. The lowest BCUT2D eigenvalue weighted by Crippen LogP contribution is -2.77. The maximum atomic E-state index is 3.38. The van der Waals surface area contributed by atoms with E-state index in [1.165, 1.54) is 51.4 Å². The predicted molar refractivity (Wildman–Crippen MR) is 44.9 cm³/mol. The van der Waals surface area contributed by atoms with Gasteiger partial charge in [0, 0.05) is 6.21 Å². The first-order chi connectivity index (χ1) is 5.47. The van der Waals surface area contributed by atoms with Crippen molar-refractivity contribution in [1.29, 1.82) is 0 Å². The Hall–Kier alpha value is -0.500. The number of nitrogens with zero attached hydrogens (tertiary/aromatic N) is 1. The molecule has 11 heavy (non-hydrogen) atoms. The molecule has 62 valence electrons. The molecule has 0 aromatic rings. The van der Waals surface area contributed by atoms with Gasteiger partial charge in [-0.1, -0.05) is 12.8 Å². The first kappa shape index (κ1) is 7.17. The molecular formula is C9H16N2. The first-order valence-electron chi connectivity index (χ1n) is 4.66. The fourth-order valence-corrected chi connectivity index (χ4v) is 1.89. The maximum absolute atomic E-state index is 3.38. The maximum Gasteiger partial charge on any atom is 0.0851 e. The Morgan fingerprint density at radius 2 is 2.18 bits per heavy atom. The van der Waals surface area contributed by atoms with Crippen LogP contribution in [-0.4, -0.2) is 24.2 Å². The molecule has 1 saturated heterocycles. The highest BCUT2D eigenvalue weighted by molar-refractivity contribution is 5.51. The average Bonchev–Trinajstić information content (AvgIpc) is 2.28. The zero-order chi connectivity index (χ0) is 7.52. The molecule has 1 N–H and O–H groups in total. The van der Waals surface area contributed by atoms with Gasteiger partial charge in [0.2, 0.25) is 0 Å². The lowest BCUT2D eigenvalue weighted by atomic mass is 10.2. The van der Waals surface area contributed by atoms with Gasteiger partial charge in [-0.15, -0.1) is 0 Å². The molecule has 0 aromatic heterocycles. The van der Waals surface area contributed by atoms with Crippen molar-refractivity contribution in [1.82, 2.24) is 4.90 Å². The van der Waals surface area contributed by atoms with E-state index in [1.54, 1.807) is 0 Å². The van der Waals surface area contributed by atoms with E-state index in [-0.39, 0.29) is 0 Å². The van der Waals surface area contributed by atoms with Gasteiger partial charge in [0.25, 0.3) is 0 Å². The van der Waals surface area contributed by atoms with Crippen molar-refractivity contribution in [2.24, 2.45) is 0 Å². The minimum atomic E-state index is 1.20. The average molecular weight is 152 g/mol. The summed E-state index contributed by atoms with van der Waals surface area (Å²) in [6.07, 6.45) is 10.3. The summed E-state index contributed by atoms with van der Waals surface area (Å²) < 4.78 is 0. The van der Waals surface area contributed by atoms with Gasteiger partial charge < -0.3 is 9.89 Å². The number of rotatable bonds is 0. The Labute approximate surface area is 68.3 Å². The summed E-state index contributed by atoms with van der Waals surface area (Å²) in [6.45, 7) is 2.51. The fraction of sp³-hybridized carbons (Fsp3) is 0.778. The minimum Gasteiger partial charge on any atom is -0.366 e. The van der Waals surface area contributed by atoms with Crippen LogP contribution in [-0.2, 0) is 0 Å². The van der Waals surface area contributed by atoms with Gasteiger partial charge in [0.05, 0.1) is 6.17 Å². The van der Waals surface area contributed by atoms with Gasteiger partial charge in [0.1, 0.15) is 0 Å². The molecule has 0 aliphatic carbocycles. The van der Waals surface area contributed by atoms with E-state index < -0.39 is 0 Å². The molecule has 0 radical (unpaired) electrons. The minimum absolute atomic E-state index is 1.20. The summed E-state index contributed by atoms with van der Waals surface area (Å²) in [6, 6.07) is 0. The quantitative estimate of drug-likeness (QED) is 0.480. The zero-order valence-corrected chi connectivity index (χ0v) is 6.97. The van der Waals surface area contributed by atoms with E-state index in [0.29, 0.717) is 0 Å². The summed E-state index contributed by atoms with van der Waals surface area (Å²) in [5.74, 6) is 0. The van der Waals surface area contributed by atoms with Crippen LogP contribution in [0.4, 0.5) is 0 Å². The molecule has 0 atom stereocenters. The molecule has 0 unspecified atom stereocenters. The van der Waals surface area contributed by atoms with Crippen molar-refractivity contribution >= 4 is 6.21 Å². The Kier molecular flexibility index (Phi) is 2.13. The molecule has 2 heteroatoms. The molecule has 0 amide bonds. The van der Waals surface area contributed by atoms with Gasteiger partial charge in [-0.25, -0.2) is 0 Å². The largest absolute Gasteiger partial charge is 0.366 e. The van der Waals surface area contributed by atoms with E-state index in [2.05, 4.69) is 16.1 Å². The Balaban J connectivity index is 2.02. The van der Waals surface area contributed by atoms with Crippen molar-refractivity contribution < 1.29 is 4.99 Å². The summed E-state index contributed by atoms with van der Waals surface area (Å²) in [7, 11) is 0. The molecule has 1 fully saturated rings. The number of hydrogen-bond donors (Lipinski definition) is 1. The van der Waals surface area contributed by atoms with Crippen LogP contribution in [0, 0.1) is 6.17 Å². The topological polar surface area (TPSA) is 17.2 Å². The van der Waals surface area contributed by atoms with Gasteiger partial charge in [-0.3, -0.25) is 0 Å². The predicted octanol–water partition coefficient (Wildman–Crippen LogP) is -0.0930. The second-order valence-corrected chi connectivity index (χ2v) is 3.38. The third kappa shape index (κ3) is 1.56. The van der Waals surface area contributed by atoms with Crippen LogP contribution in [0.1, 0.15) is 32.1 Å². The summed E-state index contributed by atoms with van der Waals surface area (Å²) in [5.41, 5.74) is 0. The molecule has 2 rings (SSSR count). The second-order valence-electron chi connectivity index (χ2n) is 3.38. The first-order valence-corrected chi connectivity index (χ1v) is 4.66. The highest BCUT2D eigenvalue weighted by Gasteiger charge is 2.18. The fourth-order valence-electron chi connectivity index (χ4n) is 1.89. The highest BCUT2D eigenvalue weighted by atomic mass is 15.2. The standard InChI is InChI=1S/C9H16N2/c1-2-5-9-10-6-4-8-11(9)7-3-1/h6,10H,1-5,7-8H2. The van der Waals surface area contributed by atoms with Crippen LogP contribution in [0.25, 0.3) is 0 Å². The monoisotopic (exact) mass is 152 g/mol. The van der Waals surface area contributed by atoms with Crippen LogP contribution in [0.2, 0.25) is 0 Å². The molecule has 0 aromatic carbocycles. The van der Waals surface area contributed by atoms with Crippen molar-refractivity contribution in [2.75, 3.05) is 13.1 Å². The Bertz CT molecular complexity index is 154. The van der Waals surface area contributed by atoms with Crippen molar-refractivity contribution in [3.8, 4) is 0 Å². The van der Waals surface area contributed by atoms with Gasteiger partial charge in [-0.05, 0) is 32.4 Å². The van der Waals surface area contributed by atoms with Crippen LogP contribution in [0.3, 0.4) is 0 Å². The van der Waals surface area contributed by atoms with Crippen molar-refractivity contribution in [2.45, 2.75) is 32.1 Å². The number of nitrogens with one attached hydrogen (secondary N) is 1. The number of hydrogen-bond acceptors (Lipinski definition) is 1. The molecule has 2 aliphatic rings.